The van der Waals surface area contributed by atoms with Crippen LogP contribution in [-0.4, -0.2) is 17.0 Å². The van der Waals surface area contributed by atoms with E-state index in [0.717, 1.165) is 0 Å². The first-order valence-electron chi connectivity index (χ1n) is 8.90. The molecule has 0 aromatic heterocycles. The molecule has 10 heteroatoms. The second-order valence-electron chi connectivity index (χ2n) is 6.68. The Hall–Kier alpha value is -3.82. The van der Waals surface area contributed by atoms with Gasteiger partial charge in [0, 0.05) is 5.56 Å². The Morgan fingerprint density at radius 3 is 1.78 bits per heavy atom. The number of alkyl halides is 6. The molecule has 32 heavy (non-hydrogen) atoms. The van der Waals surface area contributed by atoms with Crippen LogP contribution in [0.2, 0.25) is 0 Å². The molecule has 0 fully saturated rings. The van der Waals surface area contributed by atoms with Crippen molar-refractivity contribution in [2.45, 2.75) is 12.4 Å². The Morgan fingerprint density at radius 2 is 1.28 bits per heavy atom. The van der Waals surface area contributed by atoms with Crippen LogP contribution in [0.5, 0.6) is 0 Å². The number of amides is 1. The molecule has 1 amide bonds. The minimum atomic E-state index is -5.13. The van der Waals surface area contributed by atoms with E-state index < -0.39 is 40.9 Å². The Kier molecular flexibility index (Phi) is 5.98. The van der Waals surface area contributed by atoms with Crippen LogP contribution in [0.1, 0.15) is 31.8 Å². The molecule has 3 aromatic carbocycles. The molecule has 3 aromatic rings. The summed E-state index contributed by atoms with van der Waals surface area (Å²) in [7, 11) is 0. The maximum atomic E-state index is 13.1. The van der Waals surface area contributed by atoms with Gasteiger partial charge in [0.15, 0.2) is 0 Å². The highest BCUT2D eigenvalue weighted by Crippen LogP contribution is 2.36. The van der Waals surface area contributed by atoms with Gasteiger partial charge < -0.3 is 10.4 Å². The molecule has 0 saturated heterocycles. The maximum Gasteiger partial charge on any atom is 0.416 e. The molecule has 0 heterocycles. The van der Waals surface area contributed by atoms with E-state index in [0.29, 0.717) is 11.1 Å². The van der Waals surface area contributed by atoms with Crippen LogP contribution in [0.25, 0.3) is 11.1 Å². The van der Waals surface area contributed by atoms with Gasteiger partial charge in [-0.05, 0) is 41.5 Å². The molecule has 0 bridgehead atoms. The van der Waals surface area contributed by atoms with Gasteiger partial charge in [0.2, 0.25) is 0 Å². The van der Waals surface area contributed by atoms with Crippen molar-refractivity contribution < 1.29 is 41.0 Å². The fraction of sp³-hybridized carbons (Fsp3) is 0.0909. The Labute approximate surface area is 177 Å². The van der Waals surface area contributed by atoms with Crippen molar-refractivity contribution in [2.75, 3.05) is 5.32 Å². The van der Waals surface area contributed by atoms with Gasteiger partial charge in [-0.1, -0.05) is 36.4 Å². The molecule has 0 spiro atoms. The predicted molar refractivity (Wildman–Crippen MR) is 103 cm³/mol. The lowest BCUT2D eigenvalue weighted by molar-refractivity contribution is -0.143. The minimum absolute atomic E-state index is 0.102. The van der Waals surface area contributed by atoms with Gasteiger partial charge in [-0.2, -0.15) is 26.3 Å². The number of benzene rings is 3. The van der Waals surface area contributed by atoms with E-state index in [1.807, 2.05) is 0 Å². The number of carbonyl (C=O) groups excluding carboxylic acids is 1. The van der Waals surface area contributed by atoms with Crippen molar-refractivity contribution in [1.29, 1.82) is 0 Å². The summed E-state index contributed by atoms with van der Waals surface area (Å²) in [6.45, 7) is 0. The maximum absolute atomic E-state index is 13.1. The molecule has 0 aliphatic heterocycles. The zero-order valence-corrected chi connectivity index (χ0v) is 15.9. The highest BCUT2D eigenvalue weighted by Gasteiger charge is 2.37. The molecule has 0 atom stereocenters. The Bertz CT molecular complexity index is 1140. The SMILES string of the molecule is O=C(Nc1cc(-c2ccccc2)ccc1C(=O)O)c1cc(C(F)(F)F)cc(C(F)(F)F)c1. The normalized spacial score (nSPS) is 11.8. The molecule has 0 radical (unpaired) electrons. The van der Waals surface area contributed by atoms with E-state index in [-0.39, 0.29) is 29.4 Å². The predicted octanol–water partition coefficient (Wildman–Crippen LogP) is 6.34. The summed E-state index contributed by atoms with van der Waals surface area (Å²) < 4.78 is 78.4. The standard InChI is InChI=1S/C22H13F6NO3/c23-21(24,25)15-8-14(9-16(11-15)22(26,27)28)19(30)29-18-10-13(6-7-17(18)20(31)32)12-4-2-1-3-5-12/h1-11H,(H,29,30)(H,31,32). The van der Waals surface area contributed by atoms with Crippen LogP contribution in [0.15, 0.2) is 66.7 Å². The van der Waals surface area contributed by atoms with Crippen molar-refractivity contribution in [3.8, 4) is 11.1 Å². The van der Waals surface area contributed by atoms with E-state index in [4.69, 9.17) is 0 Å². The first kappa shape index (κ1) is 22.9. The summed E-state index contributed by atoms with van der Waals surface area (Å²) in [4.78, 5) is 24.1. The largest absolute Gasteiger partial charge is 0.478 e. The van der Waals surface area contributed by atoms with Crippen molar-refractivity contribution in [1.82, 2.24) is 0 Å². The first-order valence-corrected chi connectivity index (χ1v) is 8.90. The number of carboxylic acids is 1. The van der Waals surface area contributed by atoms with Crippen molar-refractivity contribution >= 4 is 17.6 Å². The van der Waals surface area contributed by atoms with Crippen LogP contribution in [0.3, 0.4) is 0 Å². The van der Waals surface area contributed by atoms with Crippen LogP contribution in [0.4, 0.5) is 32.0 Å². The lowest BCUT2D eigenvalue weighted by atomic mass is 10.0. The number of carboxylic acid groups (broad SMARTS) is 1. The fourth-order valence-electron chi connectivity index (χ4n) is 2.92. The average molecular weight is 453 g/mol. The summed E-state index contributed by atoms with van der Waals surface area (Å²) in [6.07, 6.45) is -10.3. The van der Waals surface area contributed by atoms with Gasteiger partial charge in [-0.15, -0.1) is 0 Å². The number of halogens is 6. The second-order valence-corrected chi connectivity index (χ2v) is 6.68. The second kappa shape index (κ2) is 8.37. The zero-order valence-electron chi connectivity index (χ0n) is 15.9. The summed E-state index contributed by atoms with van der Waals surface area (Å²) >= 11 is 0. The number of hydrogen-bond donors (Lipinski definition) is 2. The smallest absolute Gasteiger partial charge is 0.416 e. The van der Waals surface area contributed by atoms with Gasteiger partial charge in [0.1, 0.15) is 0 Å². The third-order valence-electron chi connectivity index (χ3n) is 4.46. The van der Waals surface area contributed by atoms with Crippen LogP contribution in [0, 0.1) is 0 Å². The quantitative estimate of drug-likeness (QED) is 0.453. The molecule has 0 aliphatic rings. The summed E-state index contributed by atoms with van der Waals surface area (Å²) in [5.41, 5.74) is -3.78. The summed E-state index contributed by atoms with van der Waals surface area (Å²) in [5, 5.41) is 11.5. The topological polar surface area (TPSA) is 66.4 Å². The van der Waals surface area contributed by atoms with E-state index in [2.05, 4.69) is 5.32 Å². The molecule has 2 N–H and O–H groups in total. The lowest BCUT2D eigenvalue weighted by Gasteiger charge is -2.15. The average Bonchev–Trinajstić information content (AvgIpc) is 2.72. The number of rotatable bonds is 4. The van der Waals surface area contributed by atoms with Crippen LogP contribution < -0.4 is 5.32 Å². The summed E-state index contributed by atoms with van der Waals surface area (Å²) in [6, 6.07) is 12.9. The fourth-order valence-corrected chi connectivity index (χ4v) is 2.92. The number of nitrogens with one attached hydrogen (secondary N) is 1. The Morgan fingerprint density at radius 1 is 0.719 bits per heavy atom. The third-order valence-corrected chi connectivity index (χ3v) is 4.46. The van der Waals surface area contributed by atoms with Gasteiger partial charge in [0.05, 0.1) is 22.4 Å². The minimum Gasteiger partial charge on any atom is -0.478 e. The number of aromatic carboxylic acids is 1. The molecule has 3 rings (SSSR count). The van der Waals surface area contributed by atoms with Gasteiger partial charge in [0.25, 0.3) is 5.91 Å². The van der Waals surface area contributed by atoms with E-state index >= 15 is 0 Å². The molecule has 4 nitrogen and oxygen atoms in total. The Balaban J connectivity index is 2.05. The highest BCUT2D eigenvalue weighted by atomic mass is 19.4. The number of carbonyl (C=O) groups is 2. The van der Waals surface area contributed by atoms with Gasteiger partial charge in [-0.3, -0.25) is 4.79 Å². The van der Waals surface area contributed by atoms with Crippen LogP contribution >= 0.6 is 0 Å². The summed E-state index contributed by atoms with van der Waals surface area (Å²) in [5.74, 6) is -2.77. The van der Waals surface area contributed by atoms with E-state index in [9.17, 15) is 41.0 Å². The molecule has 0 saturated carbocycles. The van der Waals surface area contributed by atoms with Crippen molar-refractivity contribution in [2.24, 2.45) is 0 Å². The van der Waals surface area contributed by atoms with E-state index in [1.165, 1.54) is 18.2 Å². The lowest BCUT2D eigenvalue weighted by Crippen LogP contribution is -2.18. The molecule has 0 unspecified atom stereocenters. The number of anilines is 1. The van der Waals surface area contributed by atoms with Gasteiger partial charge in [-0.25, -0.2) is 4.79 Å². The van der Waals surface area contributed by atoms with Gasteiger partial charge >= 0.3 is 18.3 Å². The molecule has 0 aliphatic carbocycles. The van der Waals surface area contributed by atoms with E-state index in [1.54, 1.807) is 30.3 Å². The highest BCUT2D eigenvalue weighted by molar-refractivity contribution is 6.08. The monoisotopic (exact) mass is 453 g/mol. The zero-order chi connectivity index (χ0) is 23.7. The third kappa shape index (κ3) is 5.08. The first-order chi connectivity index (χ1) is 14.9. The molecular weight excluding hydrogens is 440 g/mol. The number of hydrogen-bond acceptors (Lipinski definition) is 2. The molecule has 166 valence electrons. The molecular formula is C22H13F6NO3. The van der Waals surface area contributed by atoms with Crippen molar-refractivity contribution in [3.05, 3.63) is 89.0 Å². The van der Waals surface area contributed by atoms with Crippen LogP contribution in [-0.2, 0) is 12.4 Å². The van der Waals surface area contributed by atoms with Crippen molar-refractivity contribution in [3.63, 3.8) is 0 Å².